The van der Waals surface area contributed by atoms with Crippen molar-refractivity contribution < 1.29 is 14.3 Å². The number of hydrogen-bond acceptors (Lipinski definition) is 3. The maximum atomic E-state index is 12.6. The molecule has 4 rings (SSSR count). The quantitative estimate of drug-likeness (QED) is 0.937. The smallest absolute Gasteiger partial charge is 0.260 e. The molecule has 5 nitrogen and oxygen atoms in total. The number of hydrogen-bond donors (Lipinski definition) is 1. The molecule has 25 heavy (non-hydrogen) atoms. The van der Waals surface area contributed by atoms with Crippen molar-refractivity contribution >= 4 is 17.5 Å². The third kappa shape index (κ3) is 2.65. The second-order valence-electron chi connectivity index (χ2n) is 6.75. The van der Waals surface area contributed by atoms with E-state index >= 15 is 0 Å². The molecule has 128 valence electrons. The molecule has 1 fully saturated rings. The molecule has 2 amide bonds. The number of para-hydroxylation sites is 1. The molecule has 1 N–H and O–H groups in total. The van der Waals surface area contributed by atoms with Crippen molar-refractivity contribution in [2.45, 2.75) is 18.8 Å². The van der Waals surface area contributed by atoms with Crippen LogP contribution in [0.5, 0.6) is 5.75 Å². The van der Waals surface area contributed by atoms with Crippen LogP contribution >= 0.6 is 0 Å². The molecule has 2 aromatic rings. The first-order chi connectivity index (χ1) is 12.1. The van der Waals surface area contributed by atoms with Gasteiger partial charge in [0, 0.05) is 18.8 Å². The van der Waals surface area contributed by atoms with E-state index in [1.54, 1.807) is 4.90 Å². The van der Waals surface area contributed by atoms with Crippen LogP contribution < -0.4 is 10.1 Å². The largest absolute Gasteiger partial charge is 0.484 e. The van der Waals surface area contributed by atoms with Crippen LogP contribution in [0.25, 0.3) is 0 Å². The highest BCUT2D eigenvalue weighted by molar-refractivity contribution is 6.07. The molecule has 1 atom stereocenters. The van der Waals surface area contributed by atoms with Gasteiger partial charge in [-0.25, -0.2) is 0 Å². The first-order valence-electron chi connectivity index (χ1n) is 8.47. The van der Waals surface area contributed by atoms with Gasteiger partial charge in [0.05, 0.1) is 5.41 Å². The summed E-state index contributed by atoms with van der Waals surface area (Å²) in [6, 6.07) is 15.4. The molecule has 1 saturated heterocycles. The molecule has 0 saturated carbocycles. The van der Waals surface area contributed by atoms with E-state index in [4.69, 9.17) is 4.74 Å². The highest BCUT2D eigenvalue weighted by atomic mass is 16.5. The van der Waals surface area contributed by atoms with E-state index in [2.05, 4.69) is 5.32 Å². The number of benzene rings is 2. The fourth-order valence-corrected chi connectivity index (χ4v) is 3.74. The summed E-state index contributed by atoms with van der Waals surface area (Å²) in [6.07, 6.45) is 0.645. The minimum Gasteiger partial charge on any atom is -0.484 e. The topological polar surface area (TPSA) is 58.6 Å². The Kier molecular flexibility index (Phi) is 3.71. The van der Waals surface area contributed by atoms with Gasteiger partial charge < -0.3 is 15.0 Å². The maximum absolute atomic E-state index is 12.6. The third-order valence-electron chi connectivity index (χ3n) is 5.10. The minimum atomic E-state index is -0.615. The fraction of sp³-hybridized carbons (Fsp3) is 0.300. The van der Waals surface area contributed by atoms with Crippen molar-refractivity contribution in [3.05, 3.63) is 59.7 Å². The van der Waals surface area contributed by atoms with E-state index in [0.29, 0.717) is 25.3 Å². The molecule has 0 aliphatic carbocycles. The number of nitrogens with zero attached hydrogens (tertiary/aromatic N) is 1. The van der Waals surface area contributed by atoms with Crippen molar-refractivity contribution in [2.75, 3.05) is 25.0 Å². The first kappa shape index (κ1) is 15.7. The normalized spacial score (nSPS) is 21.3. The number of ether oxygens (including phenoxy) is 1. The van der Waals surface area contributed by atoms with E-state index in [1.807, 2.05) is 55.5 Å². The van der Waals surface area contributed by atoms with Crippen LogP contribution in [0.1, 0.15) is 17.5 Å². The maximum Gasteiger partial charge on any atom is 0.260 e. The van der Waals surface area contributed by atoms with Gasteiger partial charge in [0.15, 0.2) is 6.61 Å². The molecule has 2 heterocycles. The van der Waals surface area contributed by atoms with Gasteiger partial charge in [-0.15, -0.1) is 0 Å². The number of carbonyl (C=O) groups is 2. The van der Waals surface area contributed by atoms with Crippen LogP contribution in [0.15, 0.2) is 48.5 Å². The van der Waals surface area contributed by atoms with Crippen LogP contribution in [0.2, 0.25) is 0 Å². The van der Waals surface area contributed by atoms with E-state index in [0.717, 1.165) is 16.8 Å². The van der Waals surface area contributed by atoms with Gasteiger partial charge in [0.2, 0.25) is 5.91 Å². The Bertz CT molecular complexity index is 848. The summed E-state index contributed by atoms with van der Waals surface area (Å²) in [5.41, 5.74) is 2.33. The summed E-state index contributed by atoms with van der Waals surface area (Å²) in [4.78, 5) is 26.8. The van der Waals surface area contributed by atoms with Gasteiger partial charge in [0.1, 0.15) is 5.75 Å². The lowest BCUT2D eigenvalue weighted by molar-refractivity contribution is -0.132. The molecular formula is C20H20N2O3. The summed E-state index contributed by atoms with van der Waals surface area (Å²) in [6.45, 7) is 2.95. The predicted octanol–water partition coefficient (Wildman–Crippen LogP) is 2.50. The molecule has 1 spiro atoms. The average Bonchev–Trinajstić information content (AvgIpc) is 3.17. The summed E-state index contributed by atoms with van der Waals surface area (Å²) in [5, 5.41) is 2.95. The average molecular weight is 336 g/mol. The number of aryl methyl sites for hydroxylation is 1. The zero-order valence-electron chi connectivity index (χ0n) is 14.1. The molecule has 0 bridgehead atoms. The lowest BCUT2D eigenvalue weighted by atomic mass is 9.81. The Hall–Kier alpha value is -2.82. The van der Waals surface area contributed by atoms with Gasteiger partial charge in [-0.1, -0.05) is 30.3 Å². The Morgan fingerprint density at radius 2 is 2.08 bits per heavy atom. The molecule has 0 radical (unpaired) electrons. The van der Waals surface area contributed by atoms with Crippen LogP contribution in [-0.4, -0.2) is 36.4 Å². The van der Waals surface area contributed by atoms with E-state index in [-0.39, 0.29) is 18.4 Å². The molecule has 0 aromatic heterocycles. The second-order valence-corrected chi connectivity index (χ2v) is 6.75. The Morgan fingerprint density at radius 1 is 1.24 bits per heavy atom. The van der Waals surface area contributed by atoms with Crippen LogP contribution in [0.4, 0.5) is 5.69 Å². The lowest BCUT2D eigenvalue weighted by Gasteiger charge is -2.22. The molecule has 2 aromatic carbocycles. The minimum absolute atomic E-state index is 0.0106. The number of rotatable bonds is 3. The highest BCUT2D eigenvalue weighted by Gasteiger charge is 2.51. The van der Waals surface area contributed by atoms with E-state index < -0.39 is 5.41 Å². The summed E-state index contributed by atoms with van der Waals surface area (Å²) < 4.78 is 5.62. The number of amides is 2. The van der Waals surface area contributed by atoms with Gasteiger partial charge in [-0.3, -0.25) is 9.59 Å². The number of anilines is 1. The van der Waals surface area contributed by atoms with E-state index in [1.165, 1.54) is 0 Å². The van der Waals surface area contributed by atoms with Crippen molar-refractivity contribution in [3.8, 4) is 5.75 Å². The molecule has 2 aliphatic heterocycles. The lowest BCUT2D eigenvalue weighted by Crippen LogP contribution is -2.40. The Morgan fingerprint density at radius 3 is 2.92 bits per heavy atom. The summed E-state index contributed by atoms with van der Waals surface area (Å²) in [5.74, 6) is 0.588. The van der Waals surface area contributed by atoms with Gasteiger partial charge >= 0.3 is 0 Å². The van der Waals surface area contributed by atoms with Crippen molar-refractivity contribution in [2.24, 2.45) is 0 Å². The molecule has 5 heteroatoms. The van der Waals surface area contributed by atoms with Crippen molar-refractivity contribution in [3.63, 3.8) is 0 Å². The number of likely N-dealkylation sites (tertiary alicyclic amines) is 1. The zero-order valence-corrected chi connectivity index (χ0v) is 14.1. The number of carbonyl (C=O) groups excluding carboxylic acids is 2. The molecule has 2 aliphatic rings. The van der Waals surface area contributed by atoms with Crippen molar-refractivity contribution in [1.29, 1.82) is 0 Å². The van der Waals surface area contributed by atoms with Gasteiger partial charge in [0.25, 0.3) is 5.91 Å². The monoisotopic (exact) mass is 336 g/mol. The third-order valence-corrected chi connectivity index (χ3v) is 5.10. The van der Waals surface area contributed by atoms with Crippen LogP contribution in [0, 0.1) is 6.92 Å². The predicted molar refractivity (Wildman–Crippen MR) is 94.6 cm³/mol. The van der Waals surface area contributed by atoms with E-state index in [9.17, 15) is 9.59 Å². The summed E-state index contributed by atoms with van der Waals surface area (Å²) >= 11 is 0. The number of nitrogens with one attached hydrogen (secondary N) is 1. The van der Waals surface area contributed by atoms with Gasteiger partial charge in [-0.05, 0) is 42.7 Å². The highest BCUT2D eigenvalue weighted by Crippen LogP contribution is 2.43. The summed E-state index contributed by atoms with van der Waals surface area (Å²) in [7, 11) is 0. The SMILES string of the molecule is Cc1cccc(OCC(=O)N2CCC3(C2)C(=O)Nc2ccccc23)c1. The Balaban J connectivity index is 1.46. The number of fused-ring (bicyclic) bond motifs is 2. The Labute approximate surface area is 146 Å². The molecule has 1 unspecified atom stereocenters. The fourth-order valence-electron chi connectivity index (χ4n) is 3.74. The first-order valence-corrected chi connectivity index (χ1v) is 8.47. The van der Waals surface area contributed by atoms with Crippen molar-refractivity contribution in [1.82, 2.24) is 4.90 Å². The molecular weight excluding hydrogens is 316 g/mol. The van der Waals surface area contributed by atoms with Gasteiger partial charge in [-0.2, -0.15) is 0 Å². The zero-order chi connectivity index (χ0) is 17.4. The van der Waals surface area contributed by atoms with Crippen LogP contribution in [-0.2, 0) is 15.0 Å². The second kappa shape index (κ2) is 5.92. The standard InChI is InChI=1S/C20H20N2O3/c1-14-5-4-6-15(11-14)25-12-18(23)22-10-9-20(13-22)16-7-2-3-8-17(16)21-19(20)24/h2-8,11H,9-10,12-13H2,1H3,(H,21,24). The van der Waals surface area contributed by atoms with Crippen LogP contribution in [0.3, 0.4) is 0 Å².